The van der Waals surface area contributed by atoms with Crippen molar-refractivity contribution in [3.63, 3.8) is 0 Å². The predicted octanol–water partition coefficient (Wildman–Crippen LogP) is 1.68. The van der Waals surface area contributed by atoms with Gasteiger partial charge in [-0.2, -0.15) is 0 Å². The van der Waals surface area contributed by atoms with Crippen molar-refractivity contribution < 1.29 is 13.2 Å². The summed E-state index contributed by atoms with van der Waals surface area (Å²) in [7, 11) is -3.13. The molecule has 94 valence electrons. The molecule has 17 heavy (non-hydrogen) atoms. The lowest BCUT2D eigenvalue weighted by Gasteiger charge is -2.12. The molecule has 1 aliphatic rings. The quantitative estimate of drug-likeness (QED) is 0.889. The second-order valence-electron chi connectivity index (χ2n) is 4.32. The lowest BCUT2D eigenvalue weighted by Crippen LogP contribution is -2.18. The van der Waals surface area contributed by atoms with E-state index in [0.29, 0.717) is 4.90 Å². The van der Waals surface area contributed by atoms with Crippen molar-refractivity contribution in [2.45, 2.75) is 23.8 Å². The monoisotopic (exact) mass is 255 g/mol. The predicted molar refractivity (Wildman–Crippen MR) is 67.0 cm³/mol. The smallest absolute Gasteiger partial charge is 0.175 e. The Balaban J connectivity index is 2.01. The number of anilines is 1. The number of hydrogen-bond acceptors (Lipinski definition) is 4. The van der Waals surface area contributed by atoms with Crippen LogP contribution in [-0.4, -0.2) is 33.9 Å². The zero-order chi connectivity index (χ0) is 12.3. The molecule has 1 N–H and O–H groups in total. The third-order valence-corrected chi connectivity index (χ3v) is 3.93. The molecule has 0 bridgehead atoms. The van der Waals surface area contributed by atoms with E-state index < -0.39 is 9.84 Å². The summed E-state index contributed by atoms with van der Waals surface area (Å²) >= 11 is 0. The summed E-state index contributed by atoms with van der Waals surface area (Å²) in [5, 5.41) is 3.21. The molecule has 1 aromatic carbocycles. The van der Waals surface area contributed by atoms with Crippen LogP contribution in [-0.2, 0) is 14.6 Å². The highest BCUT2D eigenvalue weighted by Gasteiger charge is 2.15. The molecule has 0 aliphatic carbocycles. The van der Waals surface area contributed by atoms with Gasteiger partial charge in [0.15, 0.2) is 9.84 Å². The first-order chi connectivity index (χ1) is 8.05. The number of nitrogens with one attached hydrogen (secondary N) is 1. The average molecular weight is 255 g/mol. The van der Waals surface area contributed by atoms with Crippen LogP contribution < -0.4 is 5.32 Å². The second-order valence-corrected chi connectivity index (χ2v) is 6.33. The molecule has 1 aliphatic heterocycles. The Kier molecular flexibility index (Phi) is 3.69. The molecule has 0 aromatic heterocycles. The number of sulfone groups is 1. The van der Waals surface area contributed by atoms with Crippen molar-refractivity contribution >= 4 is 15.5 Å². The number of rotatable bonds is 4. The Bertz CT molecular complexity index is 478. The van der Waals surface area contributed by atoms with E-state index in [1.165, 1.54) is 6.26 Å². The summed E-state index contributed by atoms with van der Waals surface area (Å²) in [5.41, 5.74) is 0.823. The zero-order valence-corrected chi connectivity index (χ0v) is 10.7. The third-order valence-electron chi connectivity index (χ3n) is 2.82. The van der Waals surface area contributed by atoms with Crippen molar-refractivity contribution in [1.29, 1.82) is 0 Å². The maximum Gasteiger partial charge on any atom is 0.175 e. The molecule has 1 heterocycles. The summed E-state index contributed by atoms with van der Waals surface area (Å²) < 4.78 is 28.3. The molecule has 0 amide bonds. The molecule has 2 rings (SSSR count). The van der Waals surface area contributed by atoms with Gasteiger partial charge in [-0.1, -0.05) is 6.07 Å². The molecular weight excluding hydrogens is 238 g/mol. The van der Waals surface area contributed by atoms with E-state index in [9.17, 15) is 8.42 Å². The van der Waals surface area contributed by atoms with Crippen LogP contribution in [0.4, 0.5) is 5.69 Å². The number of benzene rings is 1. The highest BCUT2D eigenvalue weighted by atomic mass is 32.2. The van der Waals surface area contributed by atoms with Gasteiger partial charge in [0.2, 0.25) is 0 Å². The van der Waals surface area contributed by atoms with E-state index in [1.807, 2.05) is 6.07 Å². The van der Waals surface area contributed by atoms with E-state index in [4.69, 9.17) is 4.74 Å². The van der Waals surface area contributed by atoms with E-state index >= 15 is 0 Å². The van der Waals surface area contributed by atoms with Gasteiger partial charge in [-0.3, -0.25) is 0 Å². The first-order valence-electron chi connectivity index (χ1n) is 5.71. The van der Waals surface area contributed by atoms with Gasteiger partial charge in [-0.05, 0) is 31.0 Å². The lowest BCUT2D eigenvalue weighted by atomic mass is 10.2. The topological polar surface area (TPSA) is 55.4 Å². The van der Waals surface area contributed by atoms with Crippen LogP contribution in [0.25, 0.3) is 0 Å². The fourth-order valence-corrected chi connectivity index (χ4v) is 2.54. The summed E-state index contributed by atoms with van der Waals surface area (Å²) in [6, 6.07) is 6.87. The molecular formula is C12H17NO3S. The van der Waals surface area contributed by atoms with Gasteiger partial charge < -0.3 is 10.1 Å². The molecule has 1 fully saturated rings. The normalized spacial score (nSPS) is 20.4. The Hall–Kier alpha value is -1.07. The third kappa shape index (κ3) is 3.44. The number of ether oxygens (including phenoxy) is 1. The molecule has 1 saturated heterocycles. The molecule has 1 aromatic rings. The minimum absolute atomic E-state index is 0.247. The van der Waals surface area contributed by atoms with Gasteiger partial charge in [0.25, 0.3) is 0 Å². The van der Waals surface area contributed by atoms with Crippen LogP contribution in [0, 0.1) is 0 Å². The van der Waals surface area contributed by atoms with Crippen LogP contribution in [0.15, 0.2) is 29.2 Å². The largest absolute Gasteiger partial charge is 0.382 e. The average Bonchev–Trinajstić information content (AvgIpc) is 2.78. The van der Waals surface area contributed by atoms with Gasteiger partial charge in [-0.25, -0.2) is 8.42 Å². The molecule has 1 unspecified atom stereocenters. The summed E-state index contributed by atoms with van der Waals surface area (Å²) in [6.07, 6.45) is 3.64. The highest BCUT2D eigenvalue weighted by Crippen LogP contribution is 2.17. The van der Waals surface area contributed by atoms with Crippen LogP contribution in [0.2, 0.25) is 0 Å². The van der Waals surface area contributed by atoms with Gasteiger partial charge >= 0.3 is 0 Å². The van der Waals surface area contributed by atoms with Crippen molar-refractivity contribution in [3.05, 3.63) is 24.3 Å². The zero-order valence-electron chi connectivity index (χ0n) is 9.85. The van der Waals surface area contributed by atoms with Gasteiger partial charge in [0.05, 0.1) is 11.0 Å². The highest BCUT2D eigenvalue weighted by molar-refractivity contribution is 7.90. The standard InChI is InChI=1S/C12H17NO3S/c1-17(14,15)12-6-2-4-10(8-12)13-9-11-5-3-7-16-11/h2,4,6,8,11,13H,3,5,7,9H2,1H3. The summed E-state index contributed by atoms with van der Waals surface area (Å²) in [4.78, 5) is 0.342. The van der Waals surface area contributed by atoms with Gasteiger partial charge in [0.1, 0.15) is 0 Å². The number of hydrogen-bond donors (Lipinski definition) is 1. The summed E-state index contributed by atoms with van der Waals surface area (Å²) in [5.74, 6) is 0. The Labute approximate surface area is 102 Å². The Morgan fingerprint density at radius 2 is 2.29 bits per heavy atom. The van der Waals surface area contributed by atoms with Gasteiger partial charge in [0, 0.05) is 25.1 Å². The van der Waals surface area contributed by atoms with Crippen LogP contribution in [0.1, 0.15) is 12.8 Å². The van der Waals surface area contributed by atoms with Crippen molar-refractivity contribution in [1.82, 2.24) is 0 Å². The Morgan fingerprint density at radius 3 is 2.94 bits per heavy atom. The van der Waals surface area contributed by atoms with Crippen molar-refractivity contribution in [2.24, 2.45) is 0 Å². The second kappa shape index (κ2) is 5.06. The first-order valence-corrected chi connectivity index (χ1v) is 7.60. The maximum atomic E-state index is 11.4. The fourth-order valence-electron chi connectivity index (χ4n) is 1.87. The van der Waals surface area contributed by atoms with E-state index in [-0.39, 0.29) is 6.10 Å². The molecule has 4 nitrogen and oxygen atoms in total. The van der Waals surface area contributed by atoms with Crippen molar-refractivity contribution in [3.8, 4) is 0 Å². The van der Waals surface area contributed by atoms with E-state index in [0.717, 1.165) is 31.7 Å². The molecule has 5 heteroatoms. The van der Waals surface area contributed by atoms with Crippen LogP contribution in [0.5, 0.6) is 0 Å². The fraction of sp³-hybridized carbons (Fsp3) is 0.500. The SMILES string of the molecule is CS(=O)(=O)c1cccc(NCC2CCCO2)c1. The Morgan fingerprint density at radius 1 is 1.47 bits per heavy atom. The molecule has 0 radical (unpaired) electrons. The minimum atomic E-state index is -3.13. The maximum absolute atomic E-state index is 11.4. The van der Waals surface area contributed by atoms with Crippen LogP contribution in [0.3, 0.4) is 0 Å². The molecule has 0 saturated carbocycles. The van der Waals surface area contributed by atoms with Crippen molar-refractivity contribution in [2.75, 3.05) is 24.7 Å². The minimum Gasteiger partial charge on any atom is -0.382 e. The lowest BCUT2D eigenvalue weighted by molar-refractivity contribution is 0.120. The summed E-state index contributed by atoms with van der Waals surface area (Å²) in [6.45, 7) is 1.56. The molecule has 0 spiro atoms. The first kappa shape index (κ1) is 12.4. The van der Waals surface area contributed by atoms with E-state index in [1.54, 1.807) is 18.2 Å². The molecule has 1 atom stereocenters. The van der Waals surface area contributed by atoms with Crippen LogP contribution >= 0.6 is 0 Å². The van der Waals surface area contributed by atoms with Gasteiger partial charge in [-0.15, -0.1) is 0 Å². The van der Waals surface area contributed by atoms with E-state index in [2.05, 4.69) is 5.32 Å².